The second-order valence-electron chi connectivity index (χ2n) is 3.87. The number of carboxylic acids is 1. The average molecular weight is 360 g/mol. The van der Waals surface area contributed by atoms with Crippen LogP contribution in [0.25, 0.3) is 0 Å². The maximum Gasteiger partial charge on any atom is 0.337 e. The number of anilines is 1. The molecule has 0 saturated carbocycles. The maximum atomic E-state index is 11.7. The number of halogens is 1. The fourth-order valence-corrected chi connectivity index (χ4v) is 1.86. The van der Waals surface area contributed by atoms with Gasteiger partial charge in [0.05, 0.1) is 17.9 Å². The summed E-state index contributed by atoms with van der Waals surface area (Å²) in [5, 5.41) is 13.9. The van der Waals surface area contributed by atoms with Gasteiger partial charge < -0.3 is 26.2 Å². The Labute approximate surface area is 128 Å². The number of nitrogens with two attached hydrogens (primary N) is 1. The second kappa shape index (κ2) is 8.22. The normalized spacial score (nSPS) is 9.95. The third-order valence-corrected chi connectivity index (χ3v) is 2.92. The summed E-state index contributed by atoms with van der Waals surface area (Å²) in [7, 11) is 0. The van der Waals surface area contributed by atoms with Crippen LogP contribution >= 0.6 is 15.9 Å². The summed E-state index contributed by atoms with van der Waals surface area (Å²) >= 11 is 3.17. The van der Waals surface area contributed by atoms with Crippen LogP contribution < -0.4 is 16.4 Å². The monoisotopic (exact) mass is 359 g/mol. The van der Waals surface area contributed by atoms with Gasteiger partial charge in [0.2, 0.25) is 5.91 Å². The molecule has 0 aliphatic rings. The van der Waals surface area contributed by atoms with E-state index in [1.807, 2.05) is 0 Å². The Morgan fingerprint density at radius 2 is 2.05 bits per heavy atom. The summed E-state index contributed by atoms with van der Waals surface area (Å²) in [5.41, 5.74) is 4.99. The molecule has 0 aromatic heterocycles. The average Bonchev–Trinajstić information content (AvgIpc) is 2.40. The zero-order valence-corrected chi connectivity index (χ0v) is 12.5. The Hall–Kier alpha value is -2.13. The minimum Gasteiger partial charge on any atom is -0.478 e. The standard InChI is InChI=1S/C12H14BrN3O5/c13-8-3-1-2-7(11(18)19)10(8)16-12(20)15-4-5-21-6-9(14)17/h1-3H,4-6H2,(H2,14,17)(H,18,19)(H2,15,16,20). The van der Waals surface area contributed by atoms with Gasteiger partial charge in [0.25, 0.3) is 0 Å². The highest BCUT2D eigenvalue weighted by atomic mass is 79.9. The lowest BCUT2D eigenvalue weighted by Gasteiger charge is -2.11. The zero-order valence-electron chi connectivity index (χ0n) is 10.9. The van der Waals surface area contributed by atoms with Crippen LogP contribution in [0.15, 0.2) is 22.7 Å². The van der Waals surface area contributed by atoms with Crippen LogP contribution in [0.2, 0.25) is 0 Å². The van der Waals surface area contributed by atoms with Crippen molar-refractivity contribution in [1.29, 1.82) is 0 Å². The van der Waals surface area contributed by atoms with Crippen molar-refractivity contribution >= 4 is 39.5 Å². The number of benzene rings is 1. The van der Waals surface area contributed by atoms with Gasteiger partial charge >= 0.3 is 12.0 Å². The summed E-state index contributed by atoms with van der Waals surface area (Å²) in [6, 6.07) is 3.94. The first-order valence-corrected chi connectivity index (χ1v) is 6.64. The van der Waals surface area contributed by atoms with E-state index in [9.17, 15) is 14.4 Å². The van der Waals surface area contributed by atoms with Gasteiger partial charge in [-0.1, -0.05) is 6.07 Å². The van der Waals surface area contributed by atoms with E-state index >= 15 is 0 Å². The minimum atomic E-state index is -1.16. The van der Waals surface area contributed by atoms with Crippen molar-refractivity contribution in [3.63, 3.8) is 0 Å². The highest BCUT2D eigenvalue weighted by Crippen LogP contribution is 2.26. The number of urea groups is 1. The molecule has 8 nitrogen and oxygen atoms in total. The lowest BCUT2D eigenvalue weighted by molar-refractivity contribution is -0.122. The molecule has 1 aromatic rings. The number of carbonyl (C=O) groups is 3. The summed E-state index contributed by atoms with van der Waals surface area (Å²) in [4.78, 5) is 33.1. The minimum absolute atomic E-state index is 0.0375. The smallest absolute Gasteiger partial charge is 0.337 e. The van der Waals surface area contributed by atoms with Crippen LogP contribution in [0.3, 0.4) is 0 Å². The van der Waals surface area contributed by atoms with E-state index in [0.29, 0.717) is 4.47 Å². The van der Waals surface area contributed by atoms with E-state index in [4.69, 9.17) is 15.6 Å². The van der Waals surface area contributed by atoms with Crippen LogP contribution in [0.5, 0.6) is 0 Å². The molecule has 0 saturated heterocycles. The van der Waals surface area contributed by atoms with E-state index in [1.54, 1.807) is 12.1 Å². The number of nitrogens with one attached hydrogen (secondary N) is 2. The third-order valence-electron chi connectivity index (χ3n) is 2.26. The Balaban J connectivity index is 2.52. The first-order chi connectivity index (χ1) is 9.91. The maximum absolute atomic E-state index is 11.7. The summed E-state index contributed by atoms with van der Waals surface area (Å²) in [6.45, 7) is 0.0285. The van der Waals surface area contributed by atoms with Gasteiger partial charge in [-0.15, -0.1) is 0 Å². The molecule has 1 rings (SSSR count). The van der Waals surface area contributed by atoms with E-state index in [1.165, 1.54) is 6.07 Å². The lowest BCUT2D eigenvalue weighted by Crippen LogP contribution is -2.33. The third kappa shape index (κ3) is 5.79. The SMILES string of the molecule is NC(=O)COCCNC(=O)Nc1c(Br)cccc1C(=O)O. The summed E-state index contributed by atoms with van der Waals surface area (Å²) in [5.74, 6) is -1.75. The largest absolute Gasteiger partial charge is 0.478 e. The molecule has 0 aliphatic carbocycles. The molecule has 0 heterocycles. The van der Waals surface area contributed by atoms with E-state index in [2.05, 4.69) is 26.6 Å². The van der Waals surface area contributed by atoms with Crippen LogP contribution in [-0.2, 0) is 9.53 Å². The number of aromatic carboxylic acids is 1. The van der Waals surface area contributed by atoms with Gasteiger partial charge in [0.15, 0.2) is 0 Å². The topological polar surface area (TPSA) is 131 Å². The van der Waals surface area contributed by atoms with Crippen molar-refractivity contribution in [2.75, 3.05) is 25.1 Å². The second-order valence-corrected chi connectivity index (χ2v) is 4.72. The van der Waals surface area contributed by atoms with Gasteiger partial charge in [0, 0.05) is 11.0 Å². The molecule has 0 radical (unpaired) electrons. The molecule has 21 heavy (non-hydrogen) atoms. The van der Waals surface area contributed by atoms with Crippen molar-refractivity contribution in [3.05, 3.63) is 28.2 Å². The van der Waals surface area contributed by atoms with Gasteiger partial charge in [-0.05, 0) is 28.1 Å². The number of carbonyl (C=O) groups excluding carboxylic acids is 2. The molecule has 5 N–H and O–H groups in total. The highest BCUT2D eigenvalue weighted by molar-refractivity contribution is 9.10. The Kier molecular flexibility index (Phi) is 6.63. The van der Waals surface area contributed by atoms with Crippen molar-refractivity contribution in [2.24, 2.45) is 5.73 Å². The van der Waals surface area contributed by atoms with Gasteiger partial charge in [-0.2, -0.15) is 0 Å². The Bertz CT molecular complexity index is 550. The Morgan fingerprint density at radius 3 is 2.67 bits per heavy atom. The number of hydrogen-bond acceptors (Lipinski definition) is 4. The number of primary amides is 1. The van der Waals surface area contributed by atoms with Gasteiger partial charge in [-0.3, -0.25) is 4.79 Å². The van der Waals surface area contributed by atoms with Crippen LogP contribution in [-0.4, -0.2) is 42.8 Å². The first kappa shape index (κ1) is 16.9. The fourth-order valence-electron chi connectivity index (χ4n) is 1.40. The Morgan fingerprint density at radius 1 is 1.33 bits per heavy atom. The molecule has 9 heteroatoms. The zero-order chi connectivity index (χ0) is 15.8. The number of ether oxygens (including phenoxy) is 1. The number of amides is 3. The van der Waals surface area contributed by atoms with E-state index in [-0.39, 0.29) is 31.0 Å². The van der Waals surface area contributed by atoms with Crippen LogP contribution in [0.1, 0.15) is 10.4 Å². The number of para-hydroxylation sites is 1. The quantitative estimate of drug-likeness (QED) is 0.534. The van der Waals surface area contributed by atoms with Crippen LogP contribution in [0.4, 0.5) is 10.5 Å². The van der Waals surface area contributed by atoms with Crippen molar-refractivity contribution in [2.45, 2.75) is 0 Å². The van der Waals surface area contributed by atoms with E-state index < -0.39 is 17.9 Å². The molecular weight excluding hydrogens is 346 g/mol. The van der Waals surface area contributed by atoms with Gasteiger partial charge in [-0.25, -0.2) is 9.59 Å². The summed E-state index contributed by atoms with van der Waals surface area (Å²) in [6.07, 6.45) is 0. The van der Waals surface area contributed by atoms with Gasteiger partial charge in [0.1, 0.15) is 6.61 Å². The van der Waals surface area contributed by atoms with Crippen LogP contribution in [0, 0.1) is 0 Å². The molecule has 3 amide bonds. The van der Waals surface area contributed by atoms with E-state index in [0.717, 1.165) is 0 Å². The number of rotatable bonds is 7. The molecule has 0 aliphatic heterocycles. The number of carboxylic acid groups (broad SMARTS) is 1. The molecule has 0 spiro atoms. The molecule has 114 valence electrons. The number of hydrogen-bond donors (Lipinski definition) is 4. The molecule has 1 aromatic carbocycles. The molecule has 0 bridgehead atoms. The summed E-state index contributed by atoms with van der Waals surface area (Å²) < 4.78 is 5.31. The fraction of sp³-hybridized carbons (Fsp3) is 0.250. The van der Waals surface area contributed by atoms with Crippen molar-refractivity contribution in [3.8, 4) is 0 Å². The molecular formula is C12H14BrN3O5. The van der Waals surface area contributed by atoms with Crippen molar-refractivity contribution in [1.82, 2.24) is 5.32 Å². The predicted octanol–water partition coefficient (Wildman–Crippen LogP) is 0.771. The van der Waals surface area contributed by atoms with Crippen molar-refractivity contribution < 1.29 is 24.2 Å². The predicted molar refractivity (Wildman–Crippen MR) is 78.1 cm³/mol. The molecule has 0 unspecified atom stereocenters. The molecule has 0 fully saturated rings. The first-order valence-electron chi connectivity index (χ1n) is 5.84. The molecule has 0 atom stereocenters. The lowest BCUT2D eigenvalue weighted by atomic mass is 10.2. The highest BCUT2D eigenvalue weighted by Gasteiger charge is 2.14.